The van der Waals surface area contributed by atoms with Crippen molar-refractivity contribution in [1.29, 1.82) is 0 Å². The number of imidazole rings is 1. The van der Waals surface area contributed by atoms with Gasteiger partial charge in [0, 0.05) is 44.2 Å². The summed E-state index contributed by atoms with van der Waals surface area (Å²) >= 11 is 0. The summed E-state index contributed by atoms with van der Waals surface area (Å²) in [5.41, 5.74) is -0.0982. The number of aromatic nitrogens is 2. The fourth-order valence-corrected chi connectivity index (χ4v) is 5.88. The van der Waals surface area contributed by atoms with E-state index in [1.807, 2.05) is 6.92 Å². The number of nitrogens with one attached hydrogen (secondary N) is 1. The van der Waals surface area contributed by atoms with Gasteiger partial charge in [-0.3, -0.25) is 10.1 Å². The number of piperidine rings is 1. The molecule has 180 valence electrons. The van der Waals surface area contributed by atoms with Gasteiger partial charge in [-0.05, 0) is 37.0 Å². The lowest BCUT2D eigenvalue weighted by Gasteiger charge is -2.30. The van der Waals surface area contributed by atoms with E-state index in [1.54, 1.807) is 42.2 Å². The van der Waals surface area contributed by atoms with E-state index >= 15 is 0 Å². The maximum atomic E-state index is 14.7. The Morgan fingerprint density at radius 2 is 2.03 bits per heavy atom. The van der Waals surface area contributed by atoms with Gasteiger partial charge in [0.2, 0.25) is 10.0 Å². The number of anilines is 1. The highest BCUT2D eigenvalue weighted by Gasteiger charge is 2.31. The van der Waals surface area contributed by atoms with Crippen LogP contribution in [0.3, 0.4) is 0 Å². The van der Waals surface area contributed by atoms with Gasteiger partial charge in [0.15, 0.2) is 0 Å². The number of halogens is 1. The van der Waals surface area contributed by atoms with Crippen LogP contribution in [0.2, 0.25) is 0 Å². The molecule has 2 atom stereocenters. The number of sulfonamides is 1. The average molecular weight is 488 g/mol. The molecule has 11 heteroatoms. The Hall–Kier alpha value is -3.31. The topological polar surface area (TPSA) is 110 Å². The summed E-state index contributed by atoms with van der Waals surface area (Å²) in [5.74, 6) is 0.168. The lowest BCUT2D eigenvalue weighted by Crippen LogP contribution is -2.39. The number of benzene rings is 2. The highest BCUT2D eigenvalue weighted by atomic mass is 32.2. The number of hydrogen-bond donors (Lipinski definition) is 1. The summed E-state index contributed by atoms with van der Waals surface area (Å²) in [6, 6.07) is 9.02. The largest absolute Gasteiger partial charge is 0.366 e. The van der Waals surface area contributed by atoms with Gasteiger partial charge < -0.3 is 9.88 Å². The molecule has 34 heavy (non-hydrogen) atoms. The molecule has 3 aromatic rings. The van der Waals surface area contributed by atoms with E-state index in [0.29, 0.717) is 18.9 Å². The van der Waals surface area contributed by atoms with Crippen molar-refractivity contribution < 1.29 is 17.7 Å². The summed E-state index contributed by atoms with van der Waals surface area (Å²) in [4.78, 5) is 15.4. The van der Waals surface area contributed by atoms with Gasteiger partial charge in [0.05, 0.1) is 9.82 Å². The summed E-state index contributed by atoms with van der Waals surface area (Å²) in [6.45, 7) is 2.75. The van der Waals surface area contributed by atoms with Crippen LogP contribution < -0.4 is 5.32 Å². The molecule has 0 bridgehead atoms. The first-order chi connectivity index (χ1) is 16.2. The van der Waals surface area contributed by atoms with E-state index in [2.05, 4.69) is 10.3 Å². The van der Waals surface area contributed by atoms with Crippen molar-refractivity contribution in [3.63, 3.8) is 0 Å². The molecular weight excluding hydrogens is 461 g/mol. The van der Waals surface area contributed by atoms with Crippen LogP contribution in [0.4, 0.5) is 15.8 Å². The third kappa shape index (κ3) is 4.66. The number of hydrogen-bond acceptors (Lipinski definition) is 6. The second-order valence-electron chi connectivity index (χ2n) is 8.54. The predicted molar refractivity (Wildman–Crippen MR) is 125 cm³/mol. The van der Waals surface area contributed by atoms with Gasteiger partial charge in [-0.1, -0.05) is 25.1 Å². The molecule has 1 N–H and O–H groups in total. The Labute approximate surface area is 197 Å². The average Bonchev–Trinajstić information content (AvgIpc) is 3.23. The van der Waals surface area contributed by atoms with Gasteiger partial charge in [-0.2, -0.15) is 4.31 Å². The molecule has 1 aliphatic rings. The summed E-state index contributed by atoms with van der Waals surface area (Å²) < 4.78 is 44.1. The molecule has 2 unspecified atom stereocenters. The normalized spacial score (nSPS) is 17.9. The molecule has 2 aromatic carbocycles. The Morgan fingerprint density at radius 3 is 2.68 bits per heavy atom. The van der Waals surface area contributed by atoms with E-state index in [4.69, 9.17) is 0 Å². The fraction of sp³-hybridized carbons (Fsp3) is 0.348. The molecule has 0 saturated carbocycles. The molecule has 9 nitrogen and oxygen atoms in total. The SMILES string of the molecule is CC1CCCN(S(=O)(=O)c2ccc(NC(c3ccccc3F)c3nccn3C)c([N+](=O)[O-])c2)C1. The van der Waals surface area contributed by atoms with E-state index in [1.165, 1.54) is 22.5 Å². The Bertz CT molecular complexity index is 1310. The van der Waals surface area contributed by atoms with E-state index in [9.17, 15) is 22.9 Å². The smallest absolute Gasteiger partial charge is 0.293 e. The molecule has 0 radical (unpaired) electrons. The maximum absolute atomic E-state index is 14.7. The van der Waals surface area contributed by atoms with Gasteiger partial charge >= 0.3 is 0 Å². The zero-order valence-electron chi connectivity index (χ0n) is 18.9. The molecule has 2 heterocycles. The molecule has 0 aliphatic carbocycles. The predicted octanol–water partition coefficient (Wildman–Crippen LogP) is 4.09. The number of nitrogens with zero attached hydrogens (tertiary/aromatic N) is 4. The molecule has 4 rings (SSSR count). The minimum Gasteiger partial charge on any atom is -0.366 e. The maximum Gasteiger partial charge on any atom is 0.293 e. The lowest BCUT2D eigenvalue weighted by atomic mass is 10.0. The minimum atomic E-state index is -3.88. The van der Waals surface area contributed by atoms with Crippen LogP contribution in [-0.4, -0.2) is 40.3 Å². The summed E-state index contributed by atoms with van der Waals surface area (Å²) in [7, 11) is -2.14. The van der Waals surface area contributed by atoms with Crippen molar-refractivity contribution in [2.45, 2.75) is 30.7 Å². The fourth-order valence-electron chi connectivity index (χ4n) is 4.26. The summed E-state index contributed by atoms with van der Waals surface area (Å²) in [5, 5.41) is 15.0. The van der Waals surface area contributed by atoms with Crippen molar-refractivity contribution >= 4 is 21.4 Å². The first kappa shape index (κ1) is 23.8. The standard InChI is InChI=1S/C23H26FN5O4S/c1-16-6-5-12-28(15-16)34(32,33)17-9-10-20(21(14-17)29(30)31)26-22(23-25-11-13-27(23)2)18-7-3-4-8-19(18)24/h3-4,7-11,13-14,16,22,26H,5-6,12,15H2,1-2H3. The van der Waals surface area contributed by atoms with Gasteiger partial charge in [0.25, 0.3) is 5.69 Å². The second-order valence-corrected chi connectivity index (χ2v) is 10.5. The highest BCUT2D eigenvalue weighted by Crippen LogP contribution is 2.35. The van der Waals surface area contributed by atoms with E-state index < -0.39 is 32.5 Å². The van der Waals surface area contributed by atoms with Crippen LogP contribution in [-0.2, 0) is 17.1 Å². The van der Waals surface area contributed by atoms with Crippen molar-refractivity contribution in [1.82, 2.24) is 13.9 Å². The zero-order valence-corrected chi connectivity index (χ0v) is 19.7. The van der Waals surface area contributed by atoms with Gasteiger partial charge in [0.1, 0.15) is 23.4 Å². The molecule has 1 aromatic heterocycles. The van der Waals surface area contributed by atoms with Crippen LogP contribution in [0.1, 0.15) is 37.2 Å². The van der Waals surface area contributed by atoms with Crippen molar-refractivity contribution in [3.8, 4) is 0 Å². The number of nitro groups is 1. The first-order valence-electron chi connectivity index (χ1n) is 10.9. The Balaban J connectivity index is 1.74. The molecule has 1 saturated heterocycles. The van der Waals surface area contributed by atoms with Gasteiger partial charge in [-0.25, -0.2) is 17.8 Å². The minimum absolute atomic E-state index is 0.0622. The Kier molecular flexibility index (Phi) is 6.67. The number of rotatable bonds is 7. The third-order valence-corrected chi connectivity index (χ3v) is 7.92. The zero-order chi connectivity index (χ0) is 24.5. The molecule has 0 spiro atoms. The number of nitro benzene ring substituents is 1. The lowest BCUT2D eigenvalue weighted by molar-refractivity contribution is -0.384. The van der Waals surface area contributed by atoms with Crippen LogP contribution in [0, 0.1) is 21.8 Å². The monoisotopic (exact) mass is 487 g/mol. The van der Waals surface area contributed by atoms with Crippen LogP contribution in [0.5, 0.6) is 0 Å². The van der Waals surface area contributed by atoms with Crippen LogP contribution in [0.15, 0.2) is 59.8 Å². The van der Waals surface area contributed by atoms with Gasteiger partial charge in [-0.15, -0.1) is 0 Å². The van der Waals surface area contributed by atoms with Crippen molar-refractivity contribution in [3.05, 3.63) is 82.2 Å². The molecular formula is C23H26FN5O4S. The number of aryl methyl sites for hydroxylation is 1. The Morgan fingerprint density at radius 1 is 1.26 bits per heavy atom. The third-order valence-electron chi connectivity index (χ3n) is 6.06. The van der Waals surface area contributed by atoms with Crippen molar-refractivity contribution in [2.24, 2.45) is 13.0 Å². The molecule has 0 amide bonds. The molecule has 1 aliphatic heterocycles. The quantitative estimate of drug-likeness (QED) is 0.397. The molecule has 1 fully saturated rings. The van der Waals surface area contributed by atoms with Crippen LogP contribution >= 0.6 is 0 Å². The van der Waals surface area contributed by atoms with Crippen LogP contribution in [0.25, 0.3) is 0 Å². The second kappa shape index (κ2) is 9.51. The van der Waals surface area contributed by atoms with E-state index in [-0.39, 0.29) is 22.1 Å². The summed E-state index contributed by atoms with van der Waals surface area (Å²) in [6.07, 6.45) is 4.93. The highest BCUT2D eigenvalue weighted by molar-refractivity contribution is 7.89. The first-order valence-corrected chi connectivity index (χ1v) is 12.4. The van der Waals surface area contributed by atoms with Crippen molar-refractivity contribution in [2.75, 3.05) is 18.4 Å². The van der Waals surface area contributed by atoms with E-state index in [0.717, 1.165) is 18.9 Å².